The summed E-state index contributed by atoms with van der Waals surface area (Å²) in [7, 11) is 0. The molecule has 1 aromatic carbocycles. The summed E-state index contributed by atoms with van der Waals surface area (Å²) in [4.78, 5) is 0. The van der Waals surface area contributed by atoms with E-state index >= 15 is 0 Å². The second-order valence-electron chi connectivity index (χ2n) is 5.34. The van der Waals surface area contributed by atoms with Gasteiger partial charge < -0.3 is 15.2 Å². The van der Waals surface area contributed by atoms with Crippen LogP contribution in [0, 0.1) is 5.92 Å². The molecule has 0 fully saturated rings. The van der Waals surface area contributed by atoms with Crippen LogP contribution in [0.15, 0.2) is 22.7 Å². The maximum absolute atomic E-state index is 10.1. The number of hydrogen-bond donors (Lipinski definition) is 2. The van der Waals surface area contributed by atoms with Gasteiger partial charge in [-0.15, -0.1) is 0 Å². The van der Waals surface area contributed by atoms with Crippen LogP contribution in [0.3, 0.4) is 0 Å². The summed E-state index contributed by atoms with van der Waals surface area (Å²) in [5, 5.41) is 13.7. The largest absolute Gasteiger partial charge is 0.508 e. The van der Waals surface area contributed by atoms with E-state index in [1.165, 1.54) is 0 Å². The van der Waals surface area contributed by atoms with E-state index in [1.54, 1.807) is 6.07 Å². The van der Waals surface area contributed by atoms with Crippen molar-refractivity contribution in [1.82, 2.24) is 5.32 Å². The zero-order chi connectivity index (χ0) is 15.1. The van der Waals surface area contributed by atoms with E-state index in [9.17, 15) is 5.11 Å². The Morgan fingerprint density at radius 3 is 2.55 bits per heavy atom. The SMILES string of the molecule is CCOCC(NC(CC)c1cc(Br)ccc1O)C(C)C. The molecular formula is C16H26BrNO2. The van der Waals surface area contributed by atoms with Crippen molar-refractivity contribution < 1.29 is 9.84 Å². The number of nitrogens with one attached hydrogen (secondary N) is 1. The highest BCUT2D eigenvalue weighted by atomic mass is 79.9. The summed E-state index contributed by atoms with van der Waals surface area (Å²) in [6, 6.07) is 5.97. The fraction of sp³-hybridized carbons (Fsp3) is 0.625. The minimum atomic E-state index is 0.125. The smallest absolute Gasteiger partial charge is 0.120 e. The van der Waals surface area contributed by atoms with Gasteiger partial charge in [-0.2, -0.15) is 0 Å². The van der Waals surface area contributed by atoms with Gasteiger partial charge in [-0.25, -0.2) is 0 Å². The molecule has 0 aliphatic rings. The van der Waals surface area contributed by atoms with Gasteiger partial charge in [-0.3, -0.25) is 0 Å². The van der Waals surface area contributed by atoms with E-state index in [4.69, 9.17) is 4.74 Å². The molecule has 0 aromatic heterocycles. The number of ether oxygens (including phenoxy) is 1. The number of aromatic hydroxyl groups is 1. The molecule has 0 spiro atoms. The summed E-state index contributed by atoms with van der Waals surface area (Å²) in [6.45, 7) is 9.92. The van der Waals surface area contributed by atoms with E-state index in [-0.39, 0.29) is 12.1 Å². The molecule has 2 unspecified atom stereocenters. The molecule has 0 radical (unpaired) electrons. The molecule has 0 saturated carbocycles. The zero-order valence-electron chi connectivity index (χ0n) is 12.8. The number of hydrogen-bond acceptors (Lipinski definition) is 3. The first-order valence-electron chi connectivity index (χ1n) is 7.31. The third-order valence-electron chi connectivity index (χ3n) is 3.49. The van der Waals surface area contributed by atoms with Gasteiger partial charge in [0.1, 0.15) is 5.75 Å². The lowest BCUT2D eigenvalue weighted by Crippen LogP contribution is -2.40. The Morgan fingerprint density at radius 2 is 2.00 bits per heavy atom. The monoisotopic (exact) mass is 343 g/mol. The summed E-state index contributed by atoms with van der Waals surface area (Å²) in [5.74, 6) is 0.816. The van der Waals surface area contributed by atoms with Crippen molar-refractivity contribution in [2.45, 2.75) is 46.2 Å². The molecule has 2 atom stereocenters. The van der Waals surface area contributed by atoms with Crippen molar-refractivity contribution in [2.24, 2.45) is 5.92 Å². The first-order chi connectivity index (χ1) is 9.49. The van der Waals surface area contributed by atoms with Crippen molar-refractivity contribution in [2.75, 3.05) is 13.2 Å². The fourth-order valence-electron chi connectivity index (χ4n) is 2.17. The zero-order valence-corrected chi connectivity index (χ0v) is 14.4. The minimum Gasteiger partial charge on any atom is -0.508 e. The number of halogens is 1. The molecule has 0 aliphatic heterocycles. The molecule has 1 rings (SSSR count). The van der Waals surface area contributed by atoms with E-state index < -0.39 is 0 Å². The van der Waals surface area contributed by atoms with Gasteiger partial charge in [0.15, 0.2) is 0 Å². The van der Waals surface area contributed by atoms with Gasteiger partial charge in [0.2, 0.25) is 0 Å². The molecule has 2 N–H and O–H groups in total. The number of phenolic OH excluding ortho intramolecular Hbond substituents is 1. The molecule has 4 heteroatoms. The van der Waals surface area contributed by atoms with E-state index in [2.05, 4.69) is 42.0 Å². The Morgan fingerprint density at radius 1 is 1.30 bits per heavy atom. The van der Waals surface area contributed by atoms with Gasteiger partial charge in [0, 0.05) is 28.7 Å². The summed E-state index contributed by atoms with van der Waals surface area (Å²) in [5.41, 5.74) is 0.934. The average molecular weight is 344 g/mol. The van der Waals surface area contributed by atoms with Crippen LogP contribution in [-0.2, 0) is 4.74 Å². The Balaban J connectivity index is 2.86. The third kappa shape index (κ3) is 5.08. The first-order valence-corrected chi connectivity index (χ1v) is 8.11. The van der Waals surface area contributed by atoms with Crippen molar-refractivity contribution in [3.63, 3.8) is 0 Å². The summed E-state index contributed by atoms with van der Waals surface area (Å²) < 4.78 is 6.54. The molecule has 0 heterocycles. The second kappa shape index (κ2) is 8.65. The van der Waals surface area contributed by atoms with E-state index in [0.717, 1.165) is 23.1 Å². The molecule has 0 amide bonds. The Bertz CT molecular complexity index is 409. The number of rotatable bonds is 8. The second-order valence-corrected chi connectivity index (χ2v) is 6.26. The third-order valence-corrected chi connectivity index (χ3v) is 3.99. The van der Waals surface area contributed by atoms with Crippen molar-refractivity contribution in [3.05, 3.63) is 28.2 Å². The number of benzene rings is 1. The van der Waals surface area contributed by atoms with Crippen LogP contribution < -0.4 is 5.32 Å². The van der Waals surface area contributed by atoms with Gasteiger partial charge in [-0.05, 0) is 37.5 Å². The van der Waals surface area contributed by atoms with Crippen LogP contribution in [0.5, 0.6) is 5.75 Å². The van der Waals surface area contributed by atoms with Crippen LogP contribution in [-0.4, -0.2) is 24.4 Å². The minimum absolute atomic E-state index is 0.125. The van der Waals surface area contributed by atoms with Gasteiger partial charge >= 0.3 is 0 Å². The predicted octanol–water partition coefficient (Wildman–Crippen LogP) is 4.26. The van der Waals surface area contributed by atoms with Crippen molar-refractivity contribution in [1.29, 1.82) is 0 Å². The quantitative estimate of drug-likeness (QED) is 0.741. The van der Waals surface area contributed by atoms with Crippen molar-refractivity contribution in [3.8, 4) is 5.75 Å². The van der Waals surface area contributed by atoms with Gasteiger partial charge in [0.05, 0.1) is 6.61 Å². The Hall–Kier alpha value is -0.580. The lowest BCUT2D eigenvalue weighted by molar-refractivity contribution is 0.103. The summed E-state index contributed by atoms with van der Waals surface area (Å²) in [6.07, 6.45) is 0.916. The topological polar surface area (TPSA) is 41.5 Å². The maximum Gasteiger partial charge on any atom is 0.120 e. The lowest BCUT2D eigenvalue weighted by atomic mass is 9.98. The van der Waals surface area contributed by atoms with Crippen LogP contribution in [0.4, 0.5) is 0 Å². The van der Waals surface area contributed by atoms with E-state index in [1.807, 2.05) is 19.1 Å². The molecule has 3 nitrogen and oxygen atoms in total. The fourth-order valence-corrected chi connectivity index (χ4v) is 2.55. The first kappa shape index (κ1) is 17.5. The Labute approximate surface area is 130 Å². The predicted molar refractivity (Wildman–Crippen MR) is 87.1 cm³/mol. The van der Waals surface area contributed by atoms with Crippen LogP contribution in [0.1, 0.15) is 45.7 Å². The Kier molecular flexibility index (Phi) is 7.56. The maximum atomic E-state index is 10.1. The highest BCUT2D eigenvalue weighted by Gasteiger charge is 2.20. The van der Waals surface area contributed by atoms with Gasteiger partial charge in [0.25, 0.3) is 0 Å². The molecule has 114 valence electrons. The normalized spacial score (nSPS) is 14.5. The highest BCUT2D eigenvalue weighted by Crippen LogP contribution is 2.30. The summed E-state index contributed by atoms with van der Waals surface area (Å²) >= 11 is 3.47. The molecule has 0 saturated heterocycles. The average Bonchev–Trinajstić information content (AvgIpc) is 2.42. The molecule has 1 aromatic rings. The molecular weight excluding hydrogens is 318 g/mol. The van der Waals surface area contributed by atoms with Crippen LogP contribution in [0.25, 0.3) is 0 Å². The molecule has 0 aliphatic carbocycles. The molecule has 0 bridgehead atoms. The van der Waals surface area contributed by atoms with Crippen LogP contribution >= 0.6 is 15.9 Å². The number of phenols is 1. The molecule has 20 heavy (non-hydrogen) atoms. The van der Waals surface area contributed by atoms with Gasteiger partial charge in [-0.1, -0.05) is 36.7 Å². The highest BCUT2D eigenvalue weighted by molar-refractivity contribution is 9.10. The van der Waals surface area contributed by atoms with Crippen LogP contribution in [0.2, 0.25) is 0 Å². The standard InChI is InChI=1S/C16H26BrNO2/c1-5-14(13-9-12(17)7-8-16(13)19)18-15(11(3)4)10-20-6-2/h7-9,11,14-15,18-19H,5-6,10H2,1-4H3. The lowest BCUT2D eigenvalue weighted by Gasteiger charge is -2.28. The van der Waals surface area contributed by atoms with E-state index in [0.29, 0.717) is 18.3 Å². The van der Waals surface area contributed by atoms with Crippen molar-refractivity contribution >= 4 is 15.9 Å².